The molecular weight excluding hydrogens is 418 g/mol. The number of nitrogens with one attached hydrogen (secondary N) is 1. The predicted molar refractivity (Wildman–Crippen MR) is 107 cm³/mol. The fourth-order valence-corrected chi connectivity index (χ4v) is 3.01. The maximum atomic E-state index is 12.4. The van der Waals surface area contributed by atoms with Crippen LogP contribution in [0.5, 0.6) is 0 Å². The van der Waals surface area contributed by atoms with E-state index < -0.39 is 6.09 Å². The molecule has 1 heterocycles. The zero-order valence-electron chi connectivity index (χ0n) is 14.1. The van der Waals surface area contributed by atoms with Crippen LogP contribution in [0.1, 0.15) is 5.56 Å². The van der Waals surface area contributed by atoms with Gasteiger partial charge in [-0.1, -0.05) is 57.9 Å². The van der Waals surface area contributed by atoms with E-state index in [0.717, 1.165) is 21.2 Å². The van der Waals surface area contributed by atoms with Crippen molar-refractivity contribution in [3.05, 3.63) is 69.8 Å². The van der Waals surface area contributed by atoms with Gasteiger partial charge in [0.25, 0.3) is 0 Å². The number of carbonyl (C=O) groups is 1. The Labute approximate surface area is 165 Å². The van der Waals surface area contributed by atoms with E-state index in [1.807, 2.05) is 48.5 Å². The predicted octanol–water partition coefficient (Wildman–Crippen LogP) is 5.31. The van der Waals surface area contributed by atoms with Crippen LogP contribution >= 0.6 is 27.5 Å². The Hall–Kier alpha value is -2.31. The SMILES string of the molecule is CN(C(=O)OCCc1ccccc1Cl)c1[nH]ncc1-c1ccc(Br)cc1. The number of amides is 1. The van der Waals surface area contributed by atoms with Gasteiger partial charge >= 0.3 is 6.09 Å². The van der Waals surface area contributed by atoms with Crippen LogP contribution in [0.4, 0.5) is 10.6 Å². The first kappa shape index (κ1) is 18.5. The number of halogens is 2. The number of hydrogen-bond donors (Lipinski definition) is 1. The average Bonchev–Trinajstić information content (AvgIpc) is 3.13. The minimum Gasteiger partial charge on any atom is -0.449 e. The second-order valence-electron chi connectivity index (χ2n) is 5.65. The highest BCUT2D eigenvalue weighted by molar-refractivity contribution is 9.10. The van der Waals surface area contributed by atoms with Gasteiger partial charge in [-0.2, -0.15) is 5.10 Å². The Balaban J connectivity index is 1.65. The molecule has 1 aromatic heterocycles. The van der Waals surface area contributed by atoms with Gasteiger partial charge in [0.05, 0.1) is 12.8 Å². The van der Waals surface area contributed by atoms with Gasteiger partial charge in [0.15, 0.2) is 0 Å². The van der Waals surface area contributed by atoms with Crippen LogP contribution in [0, 0.1) is 0 Å². The van der Waals surface area contributed by atoms with Crippen molar-refractivity contribution in [3.8, 4) is 11.1 Å². The summed E-state index contributed by atoms with van der Waals surface area (Å²) in [5.41, 5.74) is 2.72. The number of H-pyrrole nitrogens is 1. The third-order valence-electron chi connectivity index (χ3n) is 3.94. The van der Waals surface area contributed by atoms with Crippen molar-refractivity contribution in [2.45, 2.75) is 6.42 Å². The number of aromatic amines is 1. The molecule has 1 N–H and O–H groups in total. The molecule has 0 unspecified atom stereocenters. The van der Waals surface area contributed by atoms with E-state index in [2.05, 4.69) is 26.1 Å². The average molecular weight is 435 g/mol. The molecule has 0 fully saturated rings. The van der Waals surface area contributed by atoms with E-state index in [9.17, 15) is 4.79 Å². The van der Waals surface area contributed by atoms with E-state index in [1.165, 1.54) is 4.90 Å². The Morgan fingerprint density at radius 3 is 2.69 bits per heavy atom. The summed E-state index contributed by atoms with van der Waals surface area (Å²) in [4.78, 5) is 13.8. The molecule has 0 radical (unpaired) electrons. The molecule has 2 aromatic carbocycles. The van der Waals surface area contributed by atoms with Gasteiger partial charge in [0.1, 0.15) is 5.82 Å². The molecule has 26 heavy (non-hydrogen) atoms. The van der Waals surface area contributed by atoms with Crippen molar-refractivity contribution >= 4 is 39.4 Å². The summed E-state index contributed by atoms with van der Waals surface area (Å²) in [6, 6.07) is 15.3. The molecule has 0 atom stereocenters. The summed E-state index contributed by atoms with van der Waals surface area (Å²) < 4.78 is 6.35. The van der Waals surface area contributed by atoms with Crippen molar-refractivity contribution in [3.63, 3.8) is 0 Å². The van der Waals surface area contributed by atoms with Gasteiger partial charge in [0.2, 0.25) is 0 Å². The standard InChI is InChI=1S/C19H17BrClN3O2/c1-24(19(25)26-11-10-14-4-2-3-5-17(14)21)18-16(12-22-23-18)13-6-8-15(20)9-7-13/h2-9,12H,10-11H2,1H3,(H,22,23). The number of aromatic nitrogens is 2. The number of carbonyl (C=O) groups excluding carboxylic acids is 1. The Morgan fingerprint density at radius 2 is 1.96 bits per heavy atom. The number of benzene rings is 2. The molecule has 3 rings (SSSR count). The van der Waals surface area contributed by atoms with Crippen LogP contribution in [0.15, 0.2) is 59.2 Å². The summed E-state index contributed by atoms with van der Waals surface area (Å²) in [5.74, 6) is 0.579. The minimum atomic E-state index is -0.459. The summed E-state index contributed by atoms with van der Waals surface area (Å²) in [7, 11) is 1.65. The molecular formula is C19H17BrClN3O2. The molecule has 3 aromatic rings. The summed E-state index contributed by atoms with van der Waals surface area (Å²) in [5, 5.41) is 7.59. The first-order valence-electron chi connectivity index (χ1n) is 7.99. The molecule has 0 saturated heterocycles. The number of anilines is 1. The molecule has 134 valence electrons. The molecule has 0 aliphatic heterocycles. The van der Waals surface area contributed by atoms with Crippen molar-refractivity contribution in [1.82, 2.24) is 10.2 Å². The Kier molecular flexibility index (Phi) is 5.96. The number of rotatable bonds is 5. The molecule has 0 spiro atoms. The maximum Gasteiger partial charge on any atom is 0.415 e. The molecule has 7 heteroatoms. The molecule has 0 saturated carbocycles. The van der Waals surface area contributed by atoms with Crippen LogP contribution in [0.2, 0.25) is 5.02 Å². The lowest BCUT2D eigenvalue weighted by Crippen LogP contribution is -2.28. The summed E-state index contributed by atoms with van der Waals surface area (Å²) in [6.45, 7) is 0.245. The third kappa shape index (κ3) is 4.26. The molecule has 5 nitrogen and oxygen atoms in total. The maximum absolute atomic E-state index is 12.4. The fourth-order valence-electron chi connectivity index (χ4n) is 2.51. The van der Waals surface area contributed by atoms with Gasteiger partial charge in [-0.05, 0) is 29.3 Å². The monoisotopic (exact) mass is 433 g/mol. The Bertz CT molecular complexity index is 896. The summed E-state index contributed by atoms with van der Waals surface area (Å²) >= 11 is 9.53. The number of ether oxygens (including phenoxy) is 1. The minimum absolute atomic E-state index is 0.245. The van der Waals surface area contributed by atoms with Gasteiger partial charge in [0, 0.05) is 28.5 Å². The van der Waals surface area contributed by atoms with E-state index in [4.69, 9.17) is 16.3 Å². The lowest BCUT2D eigenvalue weighted by atomic mass is 10.1. The largest absolute Gasteiger partial charge is 0.449 e. The van der Waals surface area contributed by atoms with Crippen LogP contribution < -0.4 is 4.90 Å². The second-order valence-corrected chi connectivity index (χ2v) is 6.98. The number of nitrogens with zero attached hydrogens (tertiary/aromatic N) is 2. The van der Waals surface area contributed by atoms with Crippen LogP contribution in [-0.4, -0.2) is 29.9 Å². The first-order chi connectivity index (χ1) is 12.6. The molecule has 0 aliphatic carbocycles. The highest BCUT2D eigenvalue weighted by Crippen LogP contribution is 2.29. The van der Waals surface area contributed by atoms with Gasteiger partial charge < -0.3 is 4.74 Å². The lowest BCUT2D eigenvalue weighted by molar-refractivity contribution is 0.156. The smallest absolute Gasteiger partial charge is 0.415 e. The zero-order chi connectivity index (χ0) is 18.5. The molecule has 0 bridgehead atoms. The van der Waals surface area contributed by atoms with Crippen molar-refractivity contribution in [2.24, 2.45) is 0 Å². The summed E-state index contributed by atoms with van der Waals surface area (Å²) in [6.07, 6.45) is 1.79. The van der Waals surface area contributed by atoms with E-state index in [-0.39, 0.29) is 6.61 Å². The highest BCUT2D eigenvalue weighted by atomic mass is 79.9. The van der Waals surface area contributed by atoms with Gasteiger partial charge in [-0.3, -0.25) is 10.00 Å². The zero-order valence-corrected chi connectivity index (χ0v) is 16.4. The second kappa shape index (κ2) is 8.38. The van der Waals surface area contributed by atoms with Crippen LogP contribution in [0.3, 0.4) is 0 Å². The van der Waals surface area contributed by atoms with E-state index in [1.54, 1.807) is 13.2 Å². The van der Waals surface area contributed by atoms with Crippen molar-refractivity contribution in [2.75, 3.05) is 18.6 Å². The topological polar surface area (TPSA) is 58.2 Å². The van der Waals surface area contributed by atoms with E-state index >= 15 is 0 Å². The van der Waals surface area contributed by atoms with Crippen LogP contribution in [0.25, 0.3) is 11.1 Å². The normalized spacial score (nSPS) is 10.6. The molecule has 0 aliphatic rings. The first-order valence-corrected chi connectivity index (χ1v) is 9.16. The Morgan fingerprint density at radius 1 is 1.23 bits per heavy atom. The number of hydrogen-bond acceptors (Lipinski definition) is 3. The van der Waals surface area contributed by atoms with E-state index in [0.29, 0.717) is 17.3 Å². The highest BCUT2D eigenvalue weighted by Gasteiger charge is 2.19. The van der Waals surface area contributed by atoms with Crippen molar-refractivity contribution in [1.29, 1.82) is 0 Å². The van der Waals surface area contributed by atoms with Crippen molar-refractivity contribution < 1.29 is 9.53 Å². The van der Waals surface area contributed by atoms with Crippen LogP contribution in [-0.2, 0) is 11.2 Å². The molecule has 1 amide bonds. The van der Waals surface area contributed by atoms with Gasteiger partial charge in [-0.25, -0.2) is 4.79 Å². The third-order valence-corrected chi connectivity index (χ3v) is 4.84. The fraction of sp³-hybridized carbons (Fsp3) is 0.158. The lowest BCUT2D eigenvalue weighted by Gasteiger charge is -2.17. The van der Waals surface area contributed by atoms with Gasteiger partial charge in [-0.15, -0.1) is 0 Å². The quantitative estimate of drug-likeness (QED) is 0.592.